The molecule has 0 radical (unpaired) electrons. The first kappa shape index (κ1) is 23.2. The van der Waals surface area contributed by atoms with Crippen LogP contribution >= 0.6 is 0 Å². The zero-order valence-corrected chi connectivity index (χ0v) is 19.4. The number of likely N-dealkylation sites (tertiary alicyclic amines) is 1. The lowest BCUT2D eigenvalue weighted by molar-refractivity contribution is -0.230. The van der Waals surface area contributed by atoms with Gasteiger partial charge in [-0.15, -0.1) is 0 Å². The molecule has 0 spiro atoms. The zero-order chi connectivity index (χ0) is 23.6. The molecule has 0 aliphatic carbocycles. The molecule has 8 heteroatoms. The van der Waals surface area contributed by atoms with Gasteiger partial charge >= 0.3 is 5.97 Å². The maximum atomic E-state index is 13.7. The van der Waals surface area contributed by atoms with Gasteiger partial charge in [-0.05, 0) is 30.2 Å². The van der Waals surface area contributed by atoms with Gasteiger partial charge < -0.3 is 19.1 Å². The lowest BCUT2D eigenvalue weighted by Crippen LogP contribution is -2.66. The molecule has 1 amide bonds. The minimum atomic E-state index is -1.46. The van der Waals surface area contributed by atoms with Crippen molar-refractivity contribution in [2.45, 2.75) is 31.2 Å². The zero-order valence-electron chi connectivity index (χ0n) is 19.4. The van der Waals surface area contributed by atoms with Crippen molar-refractivity contribution in [3.63, 3.8) is 0 Å². The van der Waals surface area contributed by atoms with Gasteiger partial charge in [0.15, 0.2) is 5.54 Å². The number of esters is 1. The predicted molar refractivity (Wildman–Crippen MR) is 120 cm³/mol. The molecule has 33 heavy (non-hydrogen) atoms. The smallest absolute Gasteiger partial charge is 0.337 e. The number of carbonyl (C=O) groups is 2. The van der Waals surface area contributed by atoms with E-state index in [-0.39, 0.29) is 19.1 Å². The maximum absolute atomic E-state index is 13.7. The number of nitrogens with zero attached hydrogens (tertiary/aromatic N) is 2. The van der Waals surface area contributed by atoms with Gasteiger partial charge in [-0.2, -0.15) is 5.06 Å². The summed E-state index contributed by atoms with van der Waals surface area (Å²) in [4.78, 5) is 34.9. The third-order valence-electron chi connectivity index (χ3n) is 6.74. The Morgan fingerprint density at radius 1 is 1.09 bits per heavy atom. The normalized spacial score (nSPS) is 27.0. The Morgan fingerprint density at radius 2 is 1.79 bits per heavy atom. The summed E-state index contributed by atoms with van der Waals surface area (Å²) < 4.78 is 16.6. The number of carbonyl (C=O) groups excluding carboxylic acids is 2. The van der Waals surface area contributed by atoms with E-state index in [9.17, 15) is 9.59 Å². The van der Waals surface area contributed by atoms with E-state index in [1.165, 1.54) is 7.11 Å². The molecule has 0 unspecified atom stereocenters. The summed E-state index contributed by atoms with van der Waals surface area (Å²) in [7, 11) is 4.69. The molecule has 8 nitrogen and oxygen atoms in total. The van der Waals surface area contributed by atoms with Crippen LogP contribution in [0.1, 0.15) is 18.1 Å². The first-order valence-corrected chi connectivity index (χ1v) is 10.9. The third kappa shape index (κ3) is 3.88. The van der Waals surface area contributed by atoms with Gasteiger partial charge in [0.05, 0.1) is 33.4 Å². The molecule has 2 aliphatic rings. The van der Waals surface area contributed by atoms with E-state index >= 15 is 0 Å². The number of hydrogen-bond donors (Lipinski definition) is 0. The largest absolute Gasteiger partial charge is 0.497 e. The number of methoxy groups -OCH3 is 2. The number of fused-ring (bicyclic) bond motifs is 1. The summed E-state index contributed by atoms with van der Waals surface area (Å²) in [5, 5.41) is 1.61. The molecule has 2 aromatic carbocycles. The van der Waals surface area contributed by atoms with Gasteiger partial charge in [0.25, 0.3) is 0 Å². The Bertz CT molecular complexity index is 998. The van der Waals surface area contributed by atoms with Gasteiger partial charge in [-0.25, -0.2) is 4.79 Å². The Kier molecular flexibility index (Phi) is 6.43. The Morgan fingerprint density at radius 3 is 2.42 bits per heavy atom. The molecular weight excluding hydrogens is 424 g/mol. The average Bonchev–Trinajstić information content (AvgIpc) is 3.22. The van der Waals surface area contributed by atoms with Gasteiger partial charge in [0.2, 0.25) is 5.91 Å². The second-order valence-corrected chi connectivity index (χ2v) is 8.66. The molecule has 2 aliphatic heterocycles. The molecular formula is C25H30N2O6. The monoisotopic (exact) mass is 454 g/mol. The van der Waals surface area contributed by atoms with E-state index in [0.29, 0.717) is 18.9 Å². The van der Waals surface area contributed by atoms with Crippen LogP contribution in [0.5, 0.6) is 5.75 Å². The van der Waals surface area contributed by atoms with E-state index in [2.05, 4.69) is 0 Å². The molecule has 2 saturated heterocycles. The van der Waals surface area contributed by atoms with Crippen molar-refractivity contribution >= 4 is 11.9 Å². The fraction of sp³-hybridized carbons (Fsp3) is 0.440. The summed E-state index contributed by atoms with van der Waals surface area (Å²) in [6, 6.07) is 17.1. The third-order valence-corrected chi connectivity index (χ3v) is 6.74. The summed E-state index contributed by atoms with van der Waals surface area (Å²) in [5.41, 5.74) is -0.773. The van der Waals surface area contributed by atoms with E-state index in [1.807, 2.05) is 54.6 Å². The predicted octanol–water partition coefficient (Wildman–Crippen LogP) is 2.42. The summed E-state index contributed by atoms with van der Waals surface area (Å²) >= 11 is 0. The van der Waals surface area contributed by atoms with Crippen LogP contribution in [-0.2, 0) is 37.1 Å². The maximum Gasteiger partial charge on any atom is 0.337 e. The molecule has 2 fully saturated rings. The highest BCUT2D eigenvalue weighted by Crippen LogP contribution is 2.51. The van der Waals surface area contributed by atoms with Crippen LogP contribution in [0.25, 0.3) is 0 Å². The molecule has 2 aromatic rings. The van der Waals surface area contributed by atoms with Gasteiger partial charge in [-0.3, -0.25) is 9.63 Å². The van der Waals surface area contributed by atoms with Crippen LogP contribution in [0.4, 0.5) is 0 Å². The van der Waals surface area contributed by atoms with Gasteiger partial charge in [0, 0.05) is 20.1 Å². The van der Waals surface area contributed by atoms with Crippen molar-refractivity contribution in [1.29, 1.82) is 0 Å². The molecule has 4 rings (SSSR count). The van der Waals surface area contributed by atoms with Gasteiger partial charge in [0.1, 0.15) is 11.4 Å². The number of ether oxygens (including phenoxy) is 3. The van der Waals surface area contributed by atoms with Crippen molar-refractivity contribution in [3.05, 3.63) is 65.7 Å². The molecule has 0 saturated carbocycles. The number of hydrogen-bond acceptors (Lipinski definition) is 7. The summed E-state index contributed by atoms with van der Waals surface area (Å²) in [6.07, 6.45) is 0. The van der Waals surface area contributed by atoms with Crippen molar-refractivity contribution in [3.8, 4) is 5.75 Å². The Hall–Kier alpha value is -2.94. The minimum Gasteiger partial charge on any atom is -0.497 e. The molecule has 0 aromatic heterocycles. The standard InChI is InChI=1S/C25H30N2O6/c1-24-21(15-26(2)33-24)22(28)27(14-18-10-12-20(30-3)13-11-18)25(24,23(29)31-4)17-32-16-19-8-6-5-7-9-19/h5-13,21H,14-17H2,1-4H3/t21-,24-,25-/m0/s1. The van der Waals surface area contributed by atoms with Crippen molar-refractivity contribution in [2.75, 3.05) is 34.4 Å². The van der Waals surface area contributed by atoms with Crippen LogP contribution in [0.3, 0.4) is 0 Å². The van der Waals surface area contributed by atoms with Crippen molar-refractivity contribution < 1.29 is 28.6 Å². The van der Waals surface area contributed by atoms with Crippen molar-refractivity contribution in [2.24, 2.45) is 5.92 Å². The quantitative estimate of drug-likeness (QED) is 0.567. The second-order valence-electron chi connectivity index (χ2n) is 8.66. The summed E-state index contributed by atoms with van der Waals surface area (Å²) in [6.45, 7) is 2.63. The fourth-order valence-electron chi connectivity index (χ4n) is 4.96. The van der Waals surface area contributed by atoms with Gasteiger partial charge in [-0.1, -0.05) is 42.5 Å². The SMILES string of the molecule is COC(=O)[C@]1(COCc2ccccc2)N(Cc2ccc(OC)cc2)C(=O)[C@@H]2CN(C)O[C@@]21C. The number of hydroxylamine groups is 2. The first-order chi connectivity index (χ1) is 15.9. The first-order valence-electron chi connectivity index (χ1n) is 10.9. The Balaban J connectivity index is 1.71. The summed E-state index contributed by atoms with van der Waals surface area (Å²) in [5.74, 6) is -0.532. The molecule has 176 valence electrons. The highest BCUT2D eigenvalue weighted by atomic mass is 16.7. The van der Waals surface area contributed by atoms with Crippen LogP contribution in [0, 0.1) is 5.92 Å². The highest BCUT2D eigenvalue weighted by Gasteiger charge is 2.74. The second kappa shape index (κ2) is 9.13. The minimum absolute atomic E-state index is 0.0582. The lowest BCUT2D eigenvalue weighted by Gasteiger charge is -2.43. The molecule has 0 bridgehead atoms. The average molecular weight is 455 g/mol. The molecule has 2 heterocycles. The Labute approximate surface area is 193 Å². The molecule has 0 N–H and O–H groups in total. The highest BCUT2D eigenvalue weighted by molar-refractivity contribution is 5.96. The van der Waals surface area contributed by atoms with E-state index in [0.717, 1.165) is 11.1 Å². The van der Waals surface area contributed by atoms with Crippen molar-refractivity contribution in [1.82, 2.24) is 9.96 Å². The number of rotatable bonds is 8. The van der Waals surface area contributed by atoms with E-state index in [1.54, 1.807) is 31.0 Å². The number of benzene rings is 2. The van der Waals surface area contributed by atoms with E-state index in [4.69, 9.17) is 19.0 Å². The van der Waals surface area contributed by atoms with Crippen LogP contribution in [-0.4, -0.2) is 67.4 Å². The van der Waals surface area contributed by atoms with Crippen LogP contribution < -0.4 is 4.74 Å². The van der Waals surface area contributed by atoms with E-state index < -0.39 is 23.0 Å². The van der Waals surface area contributed by atoms with Crippen LogP contribution in [0.15, 0.2) is 54.6 Å². The van der Waals surface area contributed by atoms with Crippen LogP contribution in [0.2, 0.25) is 0 Å². The topological polar surface area (TPSA) is 77.5 Å². The fourth-order valence-corrected chi connectivity index (χ4v) is 4.96. The number of amides is 1. The lowest BCUT2D eigenvalue weighted by atomic mass is 9.77. The molecule has 3 atom stereocenters.